The monoisotopic (exact) mass is 426 g/mol. The first-order valence-electron chi connectivity index (χ1n) is 6.95. The van der Waals surface area contributed by atoms with E-state index in [1.807, 2.05) is 23.3 Å². The topological polar surface area (TPSA) is 40.5 Å². The Morgan fingerprint density at radius 2 is 2.30 bits per heavy atom. The average molecular weight is 426 g/mol. The molecule has 1 aliphatic heterocycles. The summed E-state index contributed by atoms with van der Waals surface area (Å²) in [4.78, 5) is 11.4. The lowest BCUT2D eigenvalue weighted by atomic mass is 10.4. The molecule has 7 heteroatoms. The van der Waals surface area contributed by atoms with Gasteiger partial charge in [0.2, 0.25) is 0 Å². The number of hydrogen-bond acceptors (Lipinski definition) is 4. The Hall–Kier alpha value is -0.0200. The lowest BCUT2D eigenvalue weighted by Gasteiger charge is -2.20. The van der Waals surface area contributed by atoms with Gasteiger partial charge in [0.05, 0.1) is 0 Å². The van der Waals surface area contributed by atoms with E-state index in [1.54, 1.807) is 11.3 Å². The van der Waals surface area contributed by atoms with Crippen molar-refractivity contribution in [1.82, 2.24) is 15.2 Å². The molecule has 0 spiro atoms. The summed E-state index contributed by atoms with van der Waals surface area (Å²) in [5.41, 5.74) is 0. The summed E-state index contributed by atoms with van der Waals surface area (Å²) in [6.07, 6.45) is 5.56. The molecular weight excluding hydrogens is 403 g/mol. The lowest BCUT2D eigenvalue weighted by molar-refractivity contribution is 0.494. The number of hydrogen-bond donors (Lipinski definition) is 1. The highest BCUT2D eigenvalue weighted by Gasteiger charge is 2.14. The minimum atomic E-state index is 0. The zero-order chi connectivity index (χ0) is 13.3. The number of thiazole rings is 1. The molecule has 2 rings (SSSR count). The van der Waals surface area contributed by atoms with Gasteiger partial charge in [-0.1, -0.05) is 11.8 Å². The van der Waals surface area contributed by atoms with E-state index in [-0.39, 0.29) is 24.0 Å². The van der Waals surface area contributed by atoms with Crippen molar-refractivity contribution in [3.63, 3.8) is 0 Å². The van der Waals surface area contributed by atoms with Gasteiger partial charge in [-0.25, -0.2) is 4.98 Å². The van der Waals surface area contributed by atoms with Crippen LogP contribution in [0.25, 0.3) is 0 Å². The van der Waals surface area contributed by atoms with Crippen LogP contribution in [-0.2, 0) is 0 Å². The van der Waals surface area contributed by atoms with E-state index in [0.717, 1.165) is 48.7 Å². The standard InChI is InChI=1S/C13H22N4S2.HI/c1-2-14-12(17-8-3-4-9-17)15-6-5-10-18-13-16-7-11-19-13;/h7,11H,2-6,8-10H2,1H3,(H,14,15);1H. The van der Waals surface area contributed by atoms with Crippen molar-refractivity contribution >= 4 is 53.0 Å². The molecule has 4 nitrogen and oxygen atoms in total. The Morgan fingerprint density at radius 3 is 2.95 bits per heavy atom. The van der Waals surface area contributed by atoms with Crippen LogP contribution in [0.3, 0.4) is 0 Å². The van der Waals surface area contributed by atoms with E-state index in [2.05, 4.69) is 22.1 Å². The number of thioether (sulfide) groups is 1. The Labute approximate surface area is 146 Å². The van der Waals surface area contributed by atoms with Crippen LogP contribution in [0.15, 0.2) is 20.9 Å². The molecule has 1 aromatic rings. The number of aliphatic imine (C=N–C) groups is 1. The van der Waals surface area contributed by atoms with Gasteiger partial charge in [0.15, 0.2) is 5.96 Å². The Bertz CT molecular complexity index is 378. The Morgan fingerprint density at radius 1 is 1.50 bits per heavy atom. The predicted molar refractivity (Wildman–Crippen MR) is 99.7 cm³/mol. The predicted octanol–water partition coefficient (Wildman–Crippen LogP) is 3.30. The smallest absolute Gasteiger partial charge is 0.193 e. The number of halogens is 1. The Kier molecular flexibility index (Phi) is 9.62. The highest BCUT2D eigenvalue weighted by atomic mass is 127. The van der Waals surface area contributed by atoms with E-state index >= 15 is 0 Å². The molecule has 1 aliphatic rings. The SMILES string of the molecule is CCNC(=NCCCSc1nccs1)N1CCCC1.I. The van der Waals surface area contributed by atoms with Crippen molar-refractivity contribution in [2.45, 2.75) is 30.5 Å². The first kappa shape index (κ1) is 18.0. The highest BCUT2D eigenvalue weighted by molar-refractivity contribution is 14.0. The molecule has 20 heavy (non-hydrogen) atoms. The quantitative estimate of drug-likeness (QED) is 0.249. The summed E-state index contributed by atoms with van der Waals surface area (Å²) < 4.78 is 1.16. The van der Waals surface area contributed by atoms with Gasteiger partial charge in [0.1, 0.15) is 4.34 Å². The van der Waals surface area contributed by atoms with E-state index in [9.17, 15) is 0 Å². The number of guanidine groups is 1. The van der Waals surface area contributed by atoms with E-state index in [1.165, 1.54) is 12.8 Å². The van der Waals surface area contributed by atoms with E-state index < -0.39 is 0 Å². The van der Waals surface area contributed by atoms with Crippen LogP contribution in [0.5, 0.6) is 0 Å². The van der Waals surface area contributed by atoms with Gasteiger partial charge in [-0.3, -0.25) is 4.99 Å². The minimum Gasteiger partial charge on any atom is -0.357 e. The van der Waals surface area contributed by atoms with Gasteiger partial charge in [-0.2, -0.15) is 0 Å². The third-order valence-electron chi connectivity index (χ3n) is 2.94. The van der Waals surface area contributed by atoms with Crippen molar-refractivity contribution in [3.05, 3.63) is 11.6 Å². The number of aromatic nitrogens is 1. The number of nitrogens with one attached hydrogen (secondary N) is 1. The van der Waals surface area contributed by atoms with Crippen molar-refractivity contribution in [2.24, 2.45) is 4.99 Å². The van der Waals surface area contributed by atoms with E-state index in [4.69, 9.17) is 4.99 Å². The molecule has 0 unspecified atom stereocenters. The van der Waals surface area contributed by atoms with Crippen LogP contribution in [0.4, 0.5) is 0 Å². The fourth-order valence-electron chi connectivity index (χ4n) is 2.05. The summed E-state index contributed by atoms with van der Waals surface area (Å²) in [6, 6.07) is 0. The fraction of sp³-hybridized carbons (Fsp3) is 0.692. The van der Waals surface area contributed by atoms with Crippen molar-refractivity contribution in [1.29, 1.82) is 0 Å². The second kappa shape index (κ2) is 10.7. The molecule has 0 aliphatic carbocycles. The molecule has 2 heterocycles. The van der Waals surface area contributed by atoms with Crippen LogP contribution in [0.2, 0.25) is 0 Å². The van der Waals surface area contributed by atoms with Crippen molar-refractivity contribution in [3.8, 4) is 0 Å². The lowest BCUT2D eigenvalue weighted by Crippen LogP contribution is -2.39. The molecule has 1 fully saturated rings. The van der Waals surface area contributed by atoms with Gasteiger partial charge >= 0.3 is 0 Å². The molecule has 0 saturated carbocycles. The van der Waals surface area contributed by atoms with Gasteiger partial charge in [-0.15, -0.1) is 35.3 Å². The summed E-state index contributed by atoms with van der Waals surface area (Å²) >= 11 is 3.54. The first-order valence-corrected chi connectivity index (χ1v) is 8.82. The normalized spacial score (nSPS) is 15.2. The molecule has 0 amide bonds. The summed E-state index contributed by atoms with van der Waals surface area (Å²) in [5, 5.41) is 5.41. The largest absolute Gasteiger partial charge is 0.357 e. The van der Waals surface area contributed by atoms with Crippen LogP contribution in [0.1, 0.15) is 26.2 Å². The molecule has 0 aromatic carbocycles. The van der Waals surface area contributed by atoms with Gasteiger partial charge < -0.3 is 10.2 Å². The Balaban J connectivity index is 0.00000200. The van der Waals surface area contributed by atoms with Gasteiger partial charge in [0.25, 0.3) is 0 Å². The molecular formula is C13H23IN4S2. The van der Waals surface area contributed by atoms with Gasteiger partial charge in [0, 0.05) is 43.5 Å². The zero-order valence-electron chi connectivity index (χ0n) is 11.9. The molecule has 0 bridgehead atoms. The fourth-order valence-corrected chi connectivity index (χ4v) is 3.68. The number of nitrogens with zero attached hydrogens (tertiary/aromatic N) is 3. The first-order chi connectivity index (χ1) is 9.40. The number of likely N-dealkylation sites (tertiary alicyclic amines) is 1. The van der Waals surface area contributed by atoms with Gasteiger partial charge in [-0.05, 0) is 26.2 Å². The van der Waals surface area contributed by atoms with E-state index in [0.29, 0.717) is 0 Å². The van der Waals surface area contributed by atoms with Crippen LogP contribution in [-0.4, -0.2) is 47.8 Å². The van der Waals surface area contributed by atoms with Crippen molar-refractivity contribution < 1.29 is 0 Å². The second-order valence-electron chi connectivity index (χ2n) is 4.43. The molecule has 1 aromatic heterocycles. The summed E-state index contributed by atoms with van der Waals surface area (Å²) in [6.45, 7) is 6.28. The average Bonchev–Trinajstić information content (AvgIpc) is 3.10. The molecule has 1 saturated heterocycles. The van der Waals surface area contributed by atoms with Crippen LogP contribution >= 0.6 is 47.1 Å². The van der Waals surface area contributed by atoms with Crippen molar-refractivity contribution in [2.75, 3.05) is 31.9 Å². The van der Waals surface area contributed by atoms with Crippen LogP contribution < -0.4 is 5.32 Å². The third-order valence-corrected chi connectivity index (χ3v) is 4.99. The maximum atomic E-state index is 4.72. The third kappa shape index (κ3) is 6.17. The minimum absolute atomic E-state index is 0. The maximum absolute atomic E-state index is 4.72. The maximum Gasteiger partial charge on any atom is 0.193 e. The van der Waals surface area contributed by atoms with Crippen LogP contribution in [0, 0.1) is 0 Å². The summed E-state index contributed by atoms with van der Waals surface area (Å²) in [7, 11) is 0. The summed E-state index contributed by atoms with van der Waals surface area (Å²) in [5.74, 6) is 2.19. The number of rotatable bonds is 6. The molecule has 114 valence electrons. The highest BCUT2D eigenvalue weighted by Crippen LogP contribution is 2.20. The molecule has 1 N–H and O–H groups in total. The second-order valence-corrected chi connectivity index (χ2v) is 6.67. The molecule has 0 atom stereocenters. The zero-order valence-corrected chi connectivity index (χ0v) is 15.8. The molecule has 0 radical (unpaired) electrons.